The summed E-state index contributed by atoms with van der Waals surface area (Å²) < 4.78 is 65.1. The van der Waals surface area contributed by atoms with Gasteiger partial charge in [-0.2, -0.15) is 17.2 Å². The van der Waals surface area contributed by atoms with Gasteiger partial charge < -0.3 is 9.47 Å². The Morgan fingerprint density at radius 3 is 2.65 bits per heavy atom. The SMILES string of the molecule is O=C1OC2CC3CC2C1C3OC(=O)C(F)(F)S(=O)(=O)O. The Morgan fingerprint density at radius 2 is 2.05 bits per heavy atom. The minimum atomic E-state index is -5.91. The van der Waals surface area contributed by atoms with E-state index in [0.29, 0.717) is 12.8 Å². The van der Waals surface area contributed by atoms with Crippen molar-refractivity contribution < 1.29 is 40.8 Å². The van der Waals surface area contributed by atoms with Crippen LogP contribution in [0.5, 0.6) is 0 Å². The lowest BCUT2D eigenvalue weighted by atomic mass is 9.87. The van der Waals surface area contributed by atoms with Crippen LogP contribution >= 0.6 is 0 Å². The standard InChI is InChI=1S/C10H10F2O7S/c11-10(12,20(15,16)17)9(14)19-7-3-1-4-5(2-3)18-8(13)6(4)7/h3-7H,1-2H2,(H,15,16,17). The van der Waals surface area contributed by atoms with Crippen molar-refractivity contribution in [3.05, 3.63) is 0 Å². The molecule has 20 heavy (non-hydrogen) atoms. The third-order valence-corrected chi connectivity index (χ3v) is 5.03. The fourth-order valence-electron chi connectivity index (χ4n) is 3.39. The first kappa shape index (κ1) is 13.7. The molecule has 0 amide bonds. The summed E-state index contributed by atoms with van der Waals surface area (Å²) in [6, 6.07) is 0. The van der Waals surface area contributed by atoms with Gasteiger partial charge in [0.15, 0.2) is 0 Å². The third-order valence-electron chi connectivity index (χ3n) is 4.21. The summed E-state index contributed by atoms with van der Waals surface area (Å²) in [7, 11) is -5.91. The van der Waals surface area contributed by atoms with Crippen LogP contribution in [-0.2, 0) is 29.2 Å². The summed E-state index contributed by atoms with van der Waals surface area (Å²) in [6.07, 6.45) is -0.473. The molecule has 2 bridgehead atoms. The minimum absolute atomic E-state index is 0.176. The van der Waals surface area contributed by atoms with Crippen molar-refractivity contribution >= 4 is 22.1 Å². The second-order valence-corrected chi connectivity index (χ2v) is 6.72. The maximum atomic E-state index is 13.1. The van der Waals surface area contributed by atoms with E-state index in [1.54, 1.807) is 0 Å². The van der Waals surface area contributed by atoms with Crippen molar-refractivity contribution in [1.29, 1.82) is 0 Å². The molecule has 0 aromatic heterocycles. The summed E-state index contributed by atoms with van der Waals surface area (Å²) in [4.78, 5) is 22.8. The fraction of sp³-hybridized carbons (Fsp3) is 0.800. The number of fused-ring (bicyclic) bond motifs is 1. The van der Waals surface area contributed by atoms with Gasteiger partial charge in [-0.15, -0.1) is 0 Å². The van der Waals surface area contributed by atoms with Crippen LogP contribution in [0, 0.1) is 17.8 Å². The maximum absolute atomic E-state index is 13.1. The second kappa shape index (κ2) is 3.88. The Labute approximate surface area is 112 Å². The van der Waals surface area contributed by atoms with Crippen molar-refractivity contribution in [2.45, 2.75) is 30.3 Å². The number of esters is 2. The van der Waals surface area contributed by atoms with E-state index in [-0.39, 0.29) is 17.9 Å². The molecule has 1 aliphatic heterocycles. The molecule has 1 N–H and O–H groups in total. The molecule has 1 heterocycles. The van der Waals surface area contributed by atoms with Crippen LogP contribution in [0.25, 0.3) is 0 Å². The zero-order valence-corrected chi connectivity index (χ0v) is 10.7. The van der Waals surface area contributed by atoms with Gasteiger partial charge in [-0.3, -0.25) is 9.35 Å². The quantitative estimate of drug-likeness (QED) is 0.575. The normalized spacial score (nSPS) is 39.0. The van der Waals surface area contributed by atoms with Crippen LogP contribution < -0.4 is 0 Å². The topological polar surface area (TPSA) is 107 Å². The average molecular weight is 312 g/mol. The fourth-order valence-corrected chi connectivity index (χ4v) is 3.65. The Hall–Kier alpha value is -1.29. The van der Waals surface area contributed by atoms with Gasteiger partial charge in [0.05, 0.1) is 0 Å². The van der Waals surface area contributed by atoms with E-state index < -0.39 is 39.3 Å². The van der Waals surface area contributed by atoms with Gasteiger partial charge in [-0.1, -0.05) is 0 Å². The molecule has 112 valence electrons. The van der Waals surface area contributed by atoms with Gasteiger partial charge in [0, 0.05) is 11.8 Å². The Balaban J connectivity index is 1.80. The Morgan fingerprint density at radius 1 is 1.40 bits per heavy atom. The van der Waals surface area contributed by atoms with Gasteiger partial charge in [0.25, 0.3) is 0 Å². The number of carbonyl (C=O) groups excluding carboxylic acids is 2. The lowest BCUT2D eigenvalue weighted by Crippen LogP contribution is -2.44. The number of halogens is 2. The Kier molecular flexibility index (Phi) is 2.65. The number of hydrogen-bond acceptors (Lipinski definition) is 6. The summed E-state index contributed by atoms with van der Waals surface area (Å²) >= 11 is 0. The van der Waals surface area contributed by atoms with Gasteiger partial charge >= 0.3 is 27.3 Å². The summed E-state index contributed by atoms with van der Waals surface area (Å²) in [5.41, 5.74) is 0. The highest BCUT2D eigenvalue weighted by atomic mass is 32.2. The number of carbonyl (C=O) groups is 2. The highest BCUT2D eigenvalue weighted by Crippen LogP contribution is 2.55. The van der Waals surface area contributed by atoms with Crippen LogP contribution in [0.15, 0.2) is 0 Å². The number of hydrogen-bond donors (Lipinski definition) is 1. The molecule has 3 aliphatic rings. The second-order valence-electron chi connectivity index (χ2n) is 5.26. The van der Waals surface area contributed by atoms with Crippen LogP contribution in [0.3, 0.4) is 0 Å². The van der Waals surface area contributed by atoms with E-state index in [9.17, 15) is 26.8 Å². The lowest BCUT2D eigenvalue weighted by molar-refractivity contribution is -0.172. The molecule has 10 heteroatoms. The number of rotatable bonds is 3. The van der Waals surface area contributed by atoms with E-state index in [1.165, 1.54) is 0 Å². The zero-order chi connectivity index (χ0) is 14.9. The molecule has 1 saturated heterocycles. The lowest BCUT2D eigenvalue weighted by Gasteiger charge is -2.25. The molecule has 5 unspecified atom stereocenters. The molecule has 0 aromatic rings. The van der Waals surface area contributed by atoms with Gasteiger partial charge in [-0.25, -0.2) is 4.79 Å². The van der Waals surface area contributed by atoms with Crippen molar-refractivity contribution in [2.24, 2.45) is 17.8 Å². The maximum Gasteiger partial charge on any atom is 0.465 e. The van der Waals surface area contributed by atoms with Crippen LogP contribution in [0.2, 0.25) is 0 Å². The van der Waals surface area contributed by atoms with E-state index in [1.807, 2.05) is 0 Å². The van der Waals surface area contributed by atoms with Crippen molar-refractivity contribution in [1.82, 2.24) is 0 Å². The predicted molar refractivity (Wildman–Crippen MR) is 56.0 cm³/mol. The number of ether oxygens (including phenoxy) is 2. The van der Waals surface area contributed by atoms with E-state index >= 15 is 0 Å². The first-order valence-corrected chi connectivity index (χ1v) is 7.33. The molecule has 3 rings (SSSR count). The molecule has 3 fully saturated rings. The summed E-state index contributed by atoms with van der Waals surface area (Å²) in [5.74, 6) is -4.28. The Bertz CT molecular complexity index is 584. The first-order chi connectivity index (χ1) is 9.13. The average Bonchev–Trinajstić information content (AvgIpc) is 2.89. The van der Waals surface area contributed by atoms with Crippen LogP contribution in [-0.4, -0.2) is 42.4 Å². The molecule has 0 radical (unpaired) electrons. The van der Waals surface area contributed by atoms with E-state index in [4.69, 9.17) is 9.29 Å². The van der Waals surface area contributed by atoms with Crippen molar-refractivity contribution in [3.8, 4) is 0 Å². The molecular weight excluding hydrogens is 302 g/mol. The van der Waals surface area contributed by atoms with Crippen LogP contribution in [0.1, 0.15) is 12.8 Å². The third kappa shape index (κ3) is 1.67. The minimum Gasteiger partial charge on any atom is -0.462 e. The van der Waals surface area contributed by atoms with E-state index in [0.717, 1.165) is 0 Å². The van der Waals surface area contributed by atoms with Gasteiger partial charge in [-0.05, 0) is 12.8 Å². The van der Waals surface area contributed by atoms with Crippen molar-refractivity contribution in [3.63, 3.8) is 0 Å². The summed E-state index contributed by atoms with van der Waals surface area (Å²) in [6.45, 7) is 0. The highest BCUT2D eigenvalue weighted by molar-refractivity contribution is 7.87. The molecule has 0 aromatic carbocycles. The van der Waals surface area contributed by atoms with E-state index in [2.05, 4.69) is 4.74 Å². The van der Waals surface area contributed by atoms with Crippen molar-refractivity contribution in [2.75, 3.05) is 0 Å². The van der Waals surface area contributed by atoms with Gasteiger partial charge in [0.2, 0.25) is 0 Å². The smallest absolute Gasteiger partial charge is 0.462 e. The van der Waals surface area contributed by atoms with Gasteiger partial charge in [0.1, 0.15) is 18.1 Å². The van der Waals surface area contributed by atoms with Crippen LogP contribution in [0.4, 0.5) is 8.78 Å². The zero-order valence-electron chi connectivity index (χ0n) is 9.86. The first-order valence-electron chi connectivity index (χ1n) is 5.89. The predicted octanol–water partition coefficient (Wildman–Crippen LogP) is -0.0398. The summed E-state index contributed by atoms with van der Waals surface area (Å²) in [5, 5.41) is -5.04. The molecule has 7 nitrogen and oxygen atoms in total. The highest BCUT2D eigenvalue weighted by Gasteiger charge is 2.65. The molecule has 2 aliphatic carbocycles. The largest absolute Gasteiger partial charge is 0.465 e. The monoisotopic (exact) mass is 312 g/mol. The molecular formula is C10H10F2O7S. The number of alkyl halides is 2. The molecule has 0 spiro atoms. The molecule has 5 atom stereocenters. The molecule has 2 saturated carbocycles.